The number of aliphatic hydroxyl groups excluding tert-OH is 1. The summed E-state index contributed by atoms with van der Waals surface area (Å²) < 4.78 is 25.1. The summed E-state index contributed by atoms with van der Waals surface area (Å²) in [4.78, 5) is 13.4. The van der Waals surface area contributed by atoms with Gasteiger partial charge in [-0.05, 0) is 30.3 Å². The second-order valence-electron chi connectivity index (χ2n) is 7.78. The van der Waals surface area contributed by atoms with E-state index in [0.717, 1.165) is 37.2 Å². The number of β-amino-alcohol motifs (C(OH)–C–C–N with tert-alkyl or cyclic N) is 1. The largest absolute Gasteiger partial charge is 0.490 e. The SMILES string of the molecule is Cl.O=C(O)c1ccccc1OC[C@@H](O)CN1CCC2(CC1)Cc1cc(F)ccc1O2. The number of fused-ring (bicyclic) bond motifs is 1. The van der Waals surface area contributed by atoms with Crippen LogP contribution in [0.25, 0.3) is 0 Å². The van der Waals surface area contributed by atoms with Crippen LogP contribution in [0, 0.1) is 5.82 Å². The molecular formula is C22H25ClFNO5. The average molecular weight is 438 g/mol. The Morgan fingerprint density at radius 1 is 1.23 bits per heavy atom. The van der Waals surface area contributed by atoms with Crippen LogP contribution < -0.4 is 9.47 Å². The Labute approximate surface area is 180 Å². The lowest BCUT2D eigenvalue weighted by Gasteiger charge is -2.39. The third-order valence-corrected chi connectivity index (χ3v) is 5.65. The van der Waals surface area contributed by atoms with Gasteiger partial charge in [-0.1, -0.05) is 12.1 Å². The van der Waals surface area contributed by atoms with E-state index in [-0.39, 0.29) is 41.7 Å². The Kier molecular flexibility index (Phi) is 6.85. The molecule has 1 atom stereocenters. The Bertz CT molecular complexity index is 901. The van der Waals surface area contributed by atoms with Crippen molar-refractivity contribution in [3.05, 3.63) is 59.4 Å². The number of piperidine rings is 1. The molecule has 2 heterocycles. The van der Waals surface area contributed by atoms with Crippen molar-refractivity contribution in [2.75, 3.05) is 26.2 Å². The van der Waals surface area contributed by atoms with Gasteiger partial charge in [0.1, 0.15) is 41.2 Å². The van der Waals surface area contributed by atoms with E-state index >= 15 is 0 Å². The van der Waals surface area contributed by atoms with Crippen LogP contribution in [-0.2, 0) is 6.42 Å². The van der Waals surface area contributed by atoms with E-state index in [1.54, 1.807) is 30.3 Å². The molecule has 1 spiro atoms. The van der Waals surface area contributed by atoms with Gasteiger partial charge in [-0.2, -0.15) is 0 Å². The van der Waals surface area contributed by atoms with Gasteiger partial charge in [0.25, 0.3) is 0 Å². The monoisotopic (exact) mass is 437 g/mol. The minimum Gasteiger partial charge on any atom is -0.490 e. The summed E-state index contributed by atoms with van der Waals surface area (Å²) in [6, 6.07) is 11.1. The topological polar surface area (TPSA) is 79.2 Å². The summed E-state index contributed by atoms with van der Waals surface area (Å²) in [6.45, 7) is 1.98. The van der Waals surface area contributed by atoms with Crippen LogP contribution in [0.2, 0.25) is 0 Å². The zero-order chi connectivity index (χ0) is 20.4. The molecule has 162 valence electrons. The molecule has 2 aromatic rings. The van der Waals surface area contributed by atoms with Gasteiger partial charge in [0, 0.05) is 44.5 Å². The van der Waals surface area contributed by atoms with Crippen LogP contribution in [0.3, 0.4) is 0 Å². The highest BCUT2D eigenvalue weighted by Crippen LogP contribution is 2.41. The number of aliphatic hydroxyl groups is 1. The minimum atomic E-state index is -1.06. The fraction of sp³-hybridized carbons (Fsp3) is 0.409. The Morgan fingerprint density at radius 2 is 1.97 bits per heavy atom. The fourth-order valence-corrected chi connectivity index (χ4v) is 4.13. The number of hydrogen-bond donors (Lipinski definition) is 2. The van der Waals surface area contributed by atoms with Gasteiger partial charge < -0.3 is 24.6 Å². The van der Waals surface area contributed by atoms with E-state index in [1.807, 2.05) is 0 Å². The number of carboxylic acid groups (broad SMARTS) is 1. The van der Waals surface area contributed by atoms with Crippen molar-refractivity contribution in [2.24, 2.45) is 0 Å². The van der Waals surface area contributed by atoms with E-state index < -0.39 is 12.1 Å². The van der Waals surface area contributed by atoms with Gasteiger partial charge in [-0.25, -0.2) is 9.18 Å². The first kappa shape index (κ1) is 22.3. The molecule has 0 unspecified atom stereocenters. The van der Waals surface area contributed by atoms with E-state index in [2.05, 4.69) is 4.90 Å². The maximum atomic E-state index is 13.5. The number of para-hydroxylation sites is 1. The van der Waals surface area contributed by atoms with E-state index in [9.17, 15) is 19.4 Å². The molecule has 2 aliphatic rings. The van der Waals surface area contributed by atoms with Crippen molar-refractivity contribution in [3.8, 4) is 11.5 Å². The highest BCUT2D eigenvalue weighted by Gasteiger charge is 2.42. The lowest BCUT2D eigenvalue weighted by molar-refractivity contribution is -0.00202. The van der Waals surface area contributed by atoms with Crippen molar-refractivity contribution in [1.82, 2.24) is 4.90 Å². The number of rotatable bonds is 6. The van der Waals surface area contributed by atoms with Gasteiger partial charge >= 0.3 is 5.97 Å². The zero-order valence-electron chi connectivity index (χ0n) is 16.4. The van der Waals surface area contributed by atoms with E-state index in [0.29, 0.717) is 13.0 Å². The van der Waals surface area contributed by atoms with Gasteiger partial charge in [0.2, 0.25) is 0 Å². The predicted molar refractivity (Wildman–Crippen MR) is 111 cm³/mol. The van der Waals surface area contributed by atoms with Crippen LogP contribution in [0.4, 0.5) is 4.39 Å². The van der Waals surface area contributed by atoms with Gasteiger partial charge in [0.15, 0.2) is 0 Å². The molecule has 2 N–H and O–H groups in total. The van der Waals surface area contributed by atoms with Crippen molar-refractivity contribution in [2.45, 2.75) is 31.0 Å². The standard InChI is InChI=1S/C22H24FNO5.ClH/c23-16-5-6-19-15(11-16)12-22(29-19)7-9-24(10-8-22)13-17(25)14-28-20-4-2-1-3-18(20)21(26)27;/h1-6,11,17,25H,7-10,12-14H2,(H,26,27);1H/t17-;/m0./s1. The highest BCUT2D eigenvalue weighted by molar-refractivity contribution is 5.90. The number of carbonyl (C=O) groups is 1. The molecule has 1 fully saturated rings. The number of benzene rings is 2. The average Bonchev–Trinajstić information content (AvgIpc) is 3.05. The quantitative estimate of drug-likeness (QED) is 0.722. The lowest BCUT2D eigenvalue weighted by atomic mass is 9.87. The van der Waals surface area contributed by atoms with Crippen LogP contribution in [0.1, 0.15) is 28.8 Å². The molecule has 2 aliphatic heterocycles. The summed E-state index contributed by atoms with van der Waals surface area (Å²) in [6.07, 6.45) is 1.59. The van der Waals surface area contributed by atoms with Crippen molar-refractivity contribution >= 4 is 18.4 Å². The van der Waals surface area contributed by atoms with Crippen molar-refractivity contribution in [3.63, 3.8) is 0 Å². The van der Waals surface area contributed by atoms with Gasteiger partial charge in [-0.15, -0.1) is 12.4 Å². The van der Waals surface area contributed by atoms with Crippen LogP contribution in [0.15, 0.2) is 42.5 Å². The Hall–Kier alpha value is -2.35. The molecule has 2 aromatic carbocycles. The number of likely N-dealkylation sites (tertiary alicyclic amines) is 1. The minimum absolute atomic E-state index is 0. The molecule has 0 aromatic heterocycles. The summed E-state index contributed by atoms with van der Waals surface area (Å²) in [5.41, 5.74) is 0.715. The Balaban J connectivity index is 0.00000256. The number of hydrogen-bond acceptors (Lipinski definition) is 5. The normalized spacial score (nSPS) is 18.2. The second-order valence-corrected chi connectivity index (χ2v) is 7.78. The molecule has 4 rings (SSSR count). The predicted octanol–water partition coefficient (Wildman–Crippen LogP) is 3.16. The van der Waals surface area contributed by atoms with E-state index in [4.69, 9.17) is 9.47 Å². The Morgan fingerprint density at radius 3 is 2.70 bits per heavy atom. The first-order valence-electron chi connectivity index (χ1n) is 9.77. The third kappa shape index (κ3) is 4.86. The van der Waals surface area contributed by atoms with Crippen LogP contribution in [-0.4, -0.2) is 59.0 Å². The third-order valence-electron chi connectivity index (χ3n) is 5.65. The maximum absolute atomic E-state index is 13.5. The molecule has 0 saturated carbocycles. The number of nitrogens with zero attached hydrogens (tertiary/aromatic N) is 1. The van der Waals surface area contributed by atoms with Gasteiger partial charge in [0.05, 0.1) is 0 Å². The molecule has 6 nitrogen and oxygen atoms in total. The lowest BCUT2D eigenvalue weighted by Crippen LogP contribution is -2.49. The fourth-order valence-electron chi connectivity index (χ4n) is 4.13. The smallest absolute Gasteiger partial charge is 0.339 e. The summed E-state index contributed by atoms with van der Waals surface area (Å²) in [5.74, 6) is -0.283. The summed E-state index contributed by atoms with van der Waals surface area (Å²) in [5, 5.41) is 19.5. The molecule has 8 heteroatoms. The first-order chi connectivity index (χ1) is 13.9. The molecular weight excluding hydrogens is 413 g/mol. The van der Waals surface area contributed by atoms with Crippen molar-refractivity contribution < 1.29 is 28.9 Å². The first-order valence-corrected chi connectivity index (χ1v) is 9.77. The molecule has 0 aliphatic carbocycles. The van der Waals surface area contributed by atoms with Crippen molar-refractivity contribution in [1.29, 1.82) is 0 Å². The molecule has 0 amide bonds. The molecule has 0 radical (unpaired) electrons. The van der Waals surface area contributed by atoms with Crippen LogP contribution >= 0.6 is 12.4 Å². The molecule has 0 bridgehead atoms. The number of aromatic carboxylic acids is 1. The summed E-state index contributed by atoms with van der Waals surface area (Å²) in [7, 11) is 0. The number of halogens is 2. The zero-order valence-corrected chi connectivity index (χ0v) is 17.2. The van der Waals surface area contributed by atoms with Gasteiger partial charge in [-0.3, -0.25) is 0 Å². The maximum Gasteiger partial charge on any atom is 0.339 e. The molecule has 1 saturated heterocycles. The number of carboxylic acids is 1. The summed E-state index contributed by atoms with van der Waals surface area (Å²) >= 11 is 0. The van der Waals surface area contributed by atoms with E-state index in [1.165, 1.54) is 12.1 Å². The highest BCUT2D eigenvalue weighted by atomic mass is 35.5. The number of ether oxygens (including phenoxy) is 2. The van der Waals surface area contributed by atoms with Crippen LogP contribution in [0.5, 0.6) is 11.5 Å². The molecule has 30 heavy (non-hydrogen) atoms. The second kappa shape index (κ2) is 9.20.